The fraction of sp³-hybridized carbons (Fsp3) is 0.400. The van der Waals surface area contributed by atoms with Gasteiger partial charge in [-0.3, -0.25) is 4.90 Å². The molecule has 0 spiro atoms. The summed E-state index contributed by atoms with van der Waals surface area (Å²) in [7, 11) is -10.0. The third-order valence-electron chi connectivity index (χ3n) is 6.75. The first-order chi connectivity index (χ1) is 29.3. The van der Waals surface area contributed by atoms with Crippen LogP contribution in [0.2, 0.25) is 0 Å². The van der Waals surface area contributed by atoms with Gasteiger partial charge < -0.3 is 29.2 Å². The fourth-order valence-corrected chi connectivity index (χ4v) is 5.61. The summed E-state index contributed by atoms with van der Waals surface area (Å²) in [5.41, 5.74) is -0.0385. The van der Waals surface area contributed by atoms with Gasteiger partial charge in [0.15, 0.2) is 0 Å². The maximum atomic E-state index is 14.9. The van der Waals surface area contributed by atoms with Crippen LogP contribution in [0.4, 0.5) is 4.79 Å². The first kappa shape index (κ1) is 18.4. The van der Waals surface area contributed by atoms with Crippen LogP contribution in [0.15, 0.2) is 96.0 Å². The first-order valence-corrected chi connectivity index (χ1v) is 15.3. The van der Waals surface area contributed by atoms with Crippen molar-refractivity contribution in [1.29, 1.82) is 0 Å². The molecule has 1 saturated heterocycles. The molecule has 0 bridgehead atoms. The molecule has 47 heavy (non-hydrogen) atoms. The van der Waals surface area contributed by atoms with E-state index < -0.39 is 137 Å². The third kappa shape index (κ3) is 8.25. The van der Waals surface area contributed by atoms with Crippen molar-refractivity contribution in [2.75, 3.05) is 26.6 Å². The number of fused-ring (bicyclic) bond motifs is 1. The molecule has 3 aromatic carbocycles. The molecule has 0 saturated carbocycles. The number of amides is 1. The number of nitrogens with zero attached hydrogens (tertiary/aromatic N) is 2. The molecular formula is C35H42N2O9S. The molecule has 6 atom stereocenters. The summed E-state index contributed by atoms with van der Waals surface area (Å²) < 4.78 is 197. The molecule has 11 nitrogen and oxygen atoms in total. The zero-order valence-electron chi connectivity index (χ0n) is 41.8. The average Bonchev–Trinajstić information content (AvgIpc) is 3.82. The van der Waals surface area contributed by atoms with Crippen molar-refractivity contribution < 1.29 is 65.7 Å². The summed E-state index contributed by atoms with van der Waals surface area (Å²) in [6.07, 6.45) is -10.2. The van der Waals surface area contributed by atoms with Gasteiger partial charge in [-0.2, -0.15) is 4.31 Å². The van der Waals surface area contributed by atoms with Crippen LogP contribution in [0.1, 0.15) is 48.3 Å². The Morgan fingerprint density at radius 3 is 2.53 bits per heavy atom. The van der Waals surface area contributed by atoms with Crippen LogP contribution >= 0.6 is 0 Å². The van der Waals surface area contributed by atoms with E-state index in [9.17, 15) is 31.6 Å². The van der Waals surface area contributed by atoms with Crippen molar-refractivity contribution in [2.24, 2.45) is 11.8 Å². The van der Waals surface area contributed by atoms with E-state index in [2.05, 4.69) is 4.74 Å². The number of benzene rings is 3. The van der Waals surface area contributed by atoms with Crippen LogP contribution in [0.3, 0.4) is 0 Å². The molecule has 2 N–H and O–H groups in total. The maximum absolute atomic E-state index is 14.9. The molecule has 0 aromatic heterocycles. The van der Waals surface area contributed by atoms with Crippen LogP contribution in [-0.2, 0) is 32.5 Å². The second-order valence-electron chi connectivity index (χ2n) is 10.1. The van der Waals surface area contributed by atoms with Gasteiger partial charge in [-0.1, -0.05) is 56.3 Å². The molecule has 3 aromatic rings. The highest BCUT2D eigenvalue weighted by Crippen LogP contribution is 2.35. The molecule has 2 heterocycles. The maximum Gasteiger partial charge on any atom is 0.408 e. The van der Waals surface area contributed by atoms with Crippen molar-refractivity contribution in [3.63, 3.8) is 0 Å². The normalized spacial score (nSPS) is 29.1. The summed E-state index contributed by atoms with van der Waals surface area (Å²) in [5, 5.41) is 23.4. The number of aliphatic hydroxyl groups is 1. The summed E-state index contributed by atoms with van der Waals surface area (Å²) in [5.74, 6) is -5.68. The minimum absolute atomic E-state index is 0.00695. The molecule has 2 unspecified atom stereocenters. The minimum atomic E-state index is -6.60. The van der Waals surface area contributed by atoms with Crippen LogP contribution < -0.4 is 9.47 Å². The zero-order chi connectivity index (χ0) is 48.4. The van der Waals surface area contributed by atoms with E-state index in [1.807, 2.05) is 0 Å². The van der Waals surface area contributed by atoms with E-state index in [1.54, 1.807) is 30.3 Å². The van der Waals surface area contributed by atoms with Gasteiger partial charge in [0, 0.05) is 24.0 Å². The standard InChI is InChI=1S/C35H42N2O9S/c1-24(2)20-36(47(41,42)29-15-13-27(43-3)14-16-29)21-33(38)31(37(35(39)40)32-23-46-34-30(32)17-18-44-34)19-25-9-11-28(12-10-25)45-22-26-7-5-4-6-8-26/h4-18,24,30-34,38H,19-23H2,1-3H3,(H,39,40)/t30-,31-,32?,33+,34-/m0/s1/i1D,3D3,13D,14D,15D,16D,19D2,20D2,21D2,24D,31D,33D/t24?,30-,31-,32?,33+,34-. The molecule has 12 heteroatoms. The van der Waals surface area contributed by atoms with Crippen LogP contribution in [0.25, 0.3) is 0 Å². The van der Waals surface area contributed by atoms with E-state index in [-0.39, 0.29) is 17.3 Å². The van der Waals surface area contributed by atoms with Gasteiger partial charge in [0.2, 0.25) is 16.3 Å². The lowest BCUT2D eigenvalue weighted by atomic mass is 9.94. The monoisotopic (exact) mass is 683 g/mol. The Morgan fingerprint density at radius 1 is 1.11 bits per heavy atom. The number of methoxy groups -OCH3 is 1. The molecule has 0 aliphatic carbocycles. The molecule has 5 rings (SSSR count). The van der Waals surface area contributed by atoms with Gasteiger partial charge in [-0.25, -0.2) is 13.2 Å². The average molecular weight is 684 g/mol. The van der Waals surface area contributed by atoms with E-state index in [1.165, 1.54) is 6.08 Å². The summed E-state index contributed by atoms with van der Waals surface area (Å²) in [6, 6.07) is 0.137. The van der Waals surface area contributed by atoms with E-state index in [4.69, 9.17) is 29.3 Å². The van der Waals surface area contributed by atoms with Crippen LogP contribution in [-0.4, -0.2) is 85.0 Å². The van der Waals surface area contributed by atoms with Gasteiger partial charge in [0.25, 0.3) is 0 Å². The molecule has 1 fully saturated rings. The van der Waals surface area contributed by atoms with Crippen LogP contribution in [0.5, 0.6) is 11.5 Å². The lowest BCUT2D eigenvalue weighted by Gasteiger charge is -2.39. The highest BCUT2D eigenvalue weighted by molar-refractivity contribution is 7.89. The number of ether oxygens (including phenoxy) is 4. The van der Waals surface area contributed by atoms with Gasteiger partial charge >= 0.3 is 6.09 Å². The number of hydrogen-bond donors (Lipinski definition) is 2. The lowest BCUT2D eigenvalue weighted by Crippen LogP contribution is -2.57. The zero-order valence-corrected chi connectivity index (χ0v) is 25.6. The molecule has 2 aliphatic rings. The Kier molecular flexibility index (Phi) is 5.97. The van der Waals surface area contributed by atoms with Crippen molar-refractivity contribution in [3.05, 3.63) is 102 Å². The third-order valence-corrected chi connectivity index (χ3v) is 8.13. The first-order valence-electron chi connectivity index (χ1n) is 22.6. The van der Waals surface area contributed by atoms with Crippen molar-refractivity contribution >= 4 is 16.1 Å². The Hall–Kier alpha value is -4.10. The van der Waals surface area contributed by atoms with Crippen molar-refractivity contribution in [3.8, 4) is 11.5 Å². The molecular weight excluding hydrogens is 624 g/mol. The summed E-state index contributed by atoms with van der Waals surface area (Å²) in [6.45, 7) is -10.9. The number of rotatable bonds is 15. The number of sulfonamides is 1. The minimum Gasteiger partial charge on any atom is -0.497 e. The summed E-state index contributed by atoms with van der Waals surface area (Å²) >= 11 is 0. The Bertz CT molecular complexity index is 2340. The van der Waals surface area contributed by atoms with Crippen LogP contribution in [0, 0.1) is 11.8 Å². The fourth-order valence-electron chi connectivity index (χ4n) is 4.59. The van der Waals surface area contributed by atoms with Gasteiger partial charge in [0.05, 0.1) is 61.2 Å². The predicted octanol–water partition coefficient (Wildman–Crippen LogP) is 4.76. The smallest absolute Gasteiger partial charge is 0.408 e. The highest BCUT2D eigenvalue weighted by Gasteiger charge is 2.48. The highest BCUT2D eigenvalue weighted by atomic mass is 32.2. The molecule has 1 amide bonds. The summed E-state index contributed by atoms with van der Waals surface area (Å²) in [4.78, 5) is 11.4. The number of hydrogen-bond acceptors (Lipinski definition) is 8. The predicted molar refractivity (Wildman–Crippen MR) is 174 cm³/mol. The van der Waals surface area contributed by atoms with Gasteiger partial charge in [-0.05, 0) is 65.8 Å². The Labute approximate surface area is 299 Å². The van der Waals surface area contributed by atoms with Crippen molar-refractivity contribution in [1.82, 2.24) is 9.21 Å². The topological polar surface area (TPSA) is 135 Å². The van der Waals surface area contributed by atoms with E-state index >= 15 is 0 Å². The number of carboxylic acid groups (broad SMARTS) is 1. The largest absolute Gasteiger partial charge is 0.497 e. The SMILES string of the molecule is [2H]CC([2H])(C)C([2H])([2H])N(C([2H])([2H])[C@@]([2H])(O)[C@@]([2H])(N(C(=O)O)C1CO[C@@H]2OC=C[C@@H]12)C([2H])([2H])c1ccc(OCc2ccccc2)cc1)S(=O)(=O)c1c([2H])c([2H])c(OC([2H])([2H])[2H])c([2H])c1[2H]. The van der Waals surface area contributed by atoms with Crippen molar-refractivity contribution in [2.45, 2.75) is 56.1 Å². The van der Waals surface area contributed by atoms with E-state index in [0.717, 1.165) is 30.5 Å². The second kappa shape index (κ2) is 15.2. The van der Waals surface area contributed by atoms with E-state index in [0.29, 0.717) is 12.5 Å². The Balaban J connectivity index is 1.81. The molecule has 2 aliphatic heterocycles. The quantitative estimate of drug-likeness (QED) is 0.233. The number of carbonyl (C=O) groups is 1. The van der Waals surface area contributed by atoms with Gasteiger partial charge in [-0.15, -0.1) is 0 Å². The second-order valence-corrected chi connectivity index (χ2v) is 11.8. The Morgan fingerprint density at radius 2 is 1.85 bits per heavy atom. The molecule has 0 radical (unpaired) electrons. The molecule has 252 valence electrons. The van der Waals surface area contributed by atoms with Gasteiger partial charge in [0.1, 0.15) is 18.1 Å². The lowest BCUT2D eigenvalue weighted by molar-refractivity contribution is -0.0690.